The standard InChI is InChI=1S/C19H25N3O3/c1-14-5-6-17(25-14)13-22-9-7-16(10-18(22)19(23)24)21(2)12-15-4-3-8-20-11-15/h3-6,8,11,16,18H,7,9-10,12-13H2,1-2H3,(H,23,24)/t16-,18-/m0/s1. The van der Waals surface area contributed by atoms with E-state index in [0.717, 1.165) is 36.6 Å². The first-order chi connectivity index (χ1) is 12.0. The van der Waals surface area contributed by atoms with Gasteiger partial charge >= 0.3 is 5.97 Å². The molecule has 1 aliphatic heterocycles. The molecule has 6 heteroatoms. The SMILES string of the molecule is Cc1ccc(CN2CC[C@H](N(C)Cc3cccnc3)C[C@H]2C(=O)O)o1. The van der Waals surface area contributed by atoms with Gasteiger partial charge in [0.2, 0.25) is 0 Å². The van der Waals surface area contributed by atoms with Crippen LogP contribution in [0.3, 0.4) is 0 Å². The summed E-state index contributed by atoms with van der Waals surface area (Å²) in [6, 6.07) is 7.58. The minimum Gasteiger partial charge on any atom is -0.480 e. The number of carbonyl (C=O) groups is 1. The lowest BCUT2D eigenvalue weighted by Crippen LogP contribution is -2.51. The Hall–Kier alpha value is -2.18. The van der Waals surface area contributed by atoms with Gasteiger partial charge in [-0.25, -0.2) is 0 Å². The lowest BCUT2D eigenvalue weighted by atomic mass is 9.95. The van der Waals surface area contributed by atoms with Crippen molar-refractivity contribution >= 4 is 5.97 Å². The molecule has 0 amide bonds. The van der Waals surface area contributed by atoms with Crippen LogP contribution in [0.25, 0.3) is 0 Å². The Morgan fingerprint density at radius 1 is 1.44 bits per heavy atom. The van der Waals surface area contributed by atoms with Crippen molar-refractivity contribution in [3.05, 3.63) is 53.7 Å². The van der Waals surface area contributed by atoms with Crippen molar-refractivity contribution in [3.63, 3.8) is 0 Å². The highest BCUT2D eigenvalue weighted by Gasteiger charge is 2.35. The molecule has 0 aromatic carbocycles. The van der Waals surface area contributed by atoms with Crippen LogP contribution in [-0.2, 0) is 17.9 Å². The van der Waals surface area contributed by atoms with Crippen molar-refractivity contribution in [1.29, 1.82) is 0 Å². The van der Waals surface area contributed by atoms with Gasteiger partial charge in [-0.05, 0) is 50.6 Å². The van der Waals surface area contributed by atoms with Gasteiger partial charge in [-0.3, -0.25) is 19.6 Å². The Kier molecular flexibility index (Phi) is 5.50. The fourth-order valence-electron chi connectivity index (χ4n) is 3.52. The van der Waals surface area contributed by atoms with E-state index in [4.69, 9.17) is 4.42 Å². The molecule has 1 N–H and O–H groups in total. The number of aliphatic carboxylic acids is 1. The summed E-state index contributed by atoms with van der Waals surface area (Å²) in [6.45, 7) is 3.97. The normalized spacial score (nSPS) is 21.6. The molecule has 2 atom stereocenters. The summed E-state index contributed by atoms with van der Waals surface area (Å²) in [4.78, 5) is 20.2. The van der Waals surface area contributed by atoms with E-state index >= 15 is 0 Å². The number of likely N-dealkylation sites (tertiary alicyclic amines) is 1. The maximum absolute atomic E-state index is 11.8. The molecule has 0 saturated carbocycles. The van der Waals surface area contributed by atoms with E-state index in [9.17, 15) is 9.90 Å². The molecule has 6 nitrogen and oxygen atoms in total. The summed E-state index contributed by atoms with van der Waals surface area (Å²) < 4.78 is 5.62. The molecule has 0 spiro atoms. The largest absolute Gasteiger partial charge is 0.480 e. The van der Waals surface area contributed by atoms with E-state index in [1.54, 1.807) is 6.20 Å². The molecule has 25 heavy (non-hydrogen) atoms. The van der Waals surface area contributed by atoms with Crippen LogP contribution in [0.2, 0.25) is 0 Å². The van der Waals surface area contributed by atoms with Gasteiger partial charge in [0.05, 0.1) is 6.54 Å². The molecule has 3 heterocycles. The molecule has 2 aromatic heterocycles. The summed E-state index contributed by atoms with van der Waals surface area (Å²) >= 11 is 0. The number of carboxylic acid groups (broad SMARTS) is 1. The Balaban J connectivity index is 1.63. The van der Waals surface area contributed by atoms with Crippen LogP contribution in [0.5, 0.6) is 0 Å². The molecular formula is C19H25N3O3. The molecule has 0 aliphatic carbocycles. The smallest absolute Gasteiger partial charge is 0.320 e. The number of nitrogens with zero attached hydrogens (tertiary/aromatic N) is 3. The Morgan fingerprint density at radius 3 is 2.92 bits per heavy atom. The van der Waals surface area contributed by atoms with Crippen molar-refractivity contribution < 1.29 is 14.3 Å². The van der Waals surface area contributed by atoms with E-state index < -0.39 is 12.0 Å². The lowest BCUT2D eigenvalue weighted by molar-refractivity contribution is -0.146. The van der Waals surface area contributed by atoms with E-state index in [-0.39, 0.29) is 6.04 Å². The number of aryl methyl sites for hydroxylation is 1. The Labute approximate surface area is 148 Å². The highest BCUT2D eigenvalue weighted by atomic mass is 16.4. The molecule has 0 radical (unpaired) electrons. The summed E-state index contributed by atoms with van der Waals surface area (Å²) in [5, 5.41) is 9.68. The third-order valence-corrected chi connectivity index (χ3v) is 4.90. The van der Waals surface area contributed by atoms with Crippen LogP contribution < -0.4 is 0 Å². The average Bonchev–Trinajstić information content (AvgIpc) is 3.00. The van der Waals surface area contributed by atoms with Gasteiger partial charge in [0, 0.05) is 31.5 Å². The van der Waals surface area contributed by atoms with Gasteiger partial charge in [0.25, 0.3) is 0 Å². The van der Waals surface area contributed by atoms with Crippen LogP contribution in [0.15, 0.2) is 41.1 Å². The zero-order valence-corrected chi connectivity index (χ0v) is 14.8. The second kappa shape index (κ2) is 7.80. The first-order valence-corrected chi connectivity index (χ1v) is 8.64. The third-order valence-electron chi connectivity index (χ3n) is 4.90. The predicted octanol–water partition coefficient (Wildman–Crippen LogP) is 2.53. The van der Waals surface area contributed by atoms with Gasteiger partial charge in [0.15, 0.2) is 0 Å². The maximum atomic E-state index is 11.8. The van der Waals surface area contributed by atoms with E-state index in [0.29, 0.717) is 13.0 Å². The number of hydrogen-bond acceptors (Lipinski definition) is 5. The van der Waals surface area contributed by atoms with Gasteiger partial charge in [0.1, 0.15) is 17.6 Å². The van der Waals surface area contributed by atoms with E-state index in [1.807, 2.05) is 42.3 Å². The fraction of sp³-hybridized carbons (Fsp3) is 0.474. The summed E-state index contributed by atoms with van der Waals surface area (Å²) in [5.74, 6) is 0.918. The minimum atomic E-state index is -0.761. The number of rotatable bonds is 6. The lowest BCUT2D eigenvalue weighted by Gasteiger charge is -2.40. The van der Waals surface area contributed by atoms with Crippen LogP contribution in [0.4, 0.5) is 0 Å². The van der Waals surface area contributed by atoms with Crippen molar-refractivity contribution in [2.45, 2.75) is 44.9 Å². The predicted molar refractivity (Wildman–Crippen MR) is 94.0 cm³/mol. The van der Waals surface area contributed by atoms with Gasteiger partial charge in [-0.15, -0.1) is 0 Å². The number of piperidine rings is 1. The first kappa shape index (κ1) is 17.6. The zero-order chi connectivity index (χ0) is 17.8. The van der Waals surface area contributed by atoms with Crippen molar-refractivity contribution in [3.8, 4) is 0 Å². The zero-order valence-electron chi connectivity index (χ0n) is 14.8. The monoisotopic (exact) mass is 343 g/mol. The molecule has 2 aromatic rings. The van der Waals surface area contributed by atoms with Crippen LogP contribution in [0.1, 0.15) is 29.9 Å². The molecule has 3 rings (SSSR count). The number of pyridine rings is 1. The van der Waals surface area contributed by atoms with Crippen molar-refractivity contribution in [2.75, 3.05) is 13.6 Å². The van der Waals surface area contributed by atoms with Crippen molar-refractivity contribution in [1.82, 2.24) is 14.8 Å². The summed E-state index contributed by atoms with van der Waals surface area (Å²) in [7, 11) is 2.06. The Morgan fingerprint density at radius 2 is 2.28 bits per heavy atom. The maximum Gasteiger partial charge on any atom is 0.320 e. The molecule has 0 bridgehead atoms. The van der Waals surface area contributed by atoms with Gasteiger partial charge in [-0.2, -0.15) is 0 Å². The molecule has 1 aliphatic rings. The number of carboxylic acids is 1. The van der Waals surface area contributed by atoms with E-state index in [2.05, 4.69) is 16.9 Å². The second-order valence-corrected chi connectivity index (χ2v) is 6.79. The fourth-order valence-corrected chi connectivity index (χ4v) is 3.52. The molecule has 1 saturated heterocycles. The summed E-state index contributed by atoms with van der Waals surface area (Å²) in [6.07, 6.45) is 5.18. The van der Waals surface area contributed by atoms with Crippen molar-refractivity contribution in [2.24, 2.45) is 0 Å². The molecule has 134 valence electrons. The molecule has 0 unspecified atom stereocenters. The number of aromatic nitrogens is 1. The Bertz CT molecular complexity index is 701. The molecular weight excluding hydrogens is 318 g/mol. The number of hydrogen-bond donors (Lipinski definition) is 1. The van der Waals surface area contributed by atoms with Crippen LogP contribution >= 0.6 is 0 Å². The highest BCUT2D eigenvalue weighted by Crippen LogP contribution is 2.25. The topological polar surface area (TPSA) is 69.8 Å². The number of furan rings is 1. The quantitative estimate of drug-likeness (QED) is 0.869. The average molecular weight is 343 g/mol. The molecule has 1 fully saturated rings. The highest BCUT2D eigenvalue weighted by molar-refractivity contribution is 5.73. The first-order valence-electron chi connectivity index (χ1n) is 8.64. The van der Waals surface area contributed by atoms with Crippen LogP contribution in [0, 0.1) is 6.92 Å². The second-order valence-electron chi connectivity index (χ2n) is 6.79. The van der Waals surface area contributed by atoms with E-state index in [1.165, 1.54) is 0 Å². The van der Waals surface area contributed by atoms with Gasteiger partial charge in [-0.1, -0.05) is 6.07 Å². The summed E-state index contributed by atoms with van der Waals surface area (Å²) in [5.41, 5.74) is 1.14. The minimum absolute atomic E-state index is 0.246. The van der Waals surface area contributed by atoms with Gasteiger partial charge < -0.3 is 9.52 Å². The third kappa shape index (κ3) is 4.46. The van der Waals surface area contributed by atoms with Crippen LogP contribution in [-0.4, -0.2) is 51.5 Å².